The molecule has 2 rings (SSSR count). The quantitative estimate of drug-likeness (QED) is 0.846. The van der Waals surface area contributed by atoms with E-state index in [2.05, 4.69) is 5.32 Å². The highest BCUT2D eigenvalue weighted by Crippen LogP contribution is 2.30. The number of thiophene rings is 1. The molecule has 23 heavy (non-hydrogen) atoms. The van der Waals surface area contributed by atoms with E-state index in [1.165, 1.54) is 25.6 Å². The molecule has 0 aliphatic heterocycles. The van der Waals surface area contributed by atoms with Crippen molar-refractivity contribution in [3.05, 3.63) is 40.3 Å². The number of carboxylic acid groups (broad SMARTS) is 1. The topological polar surface area (TPSA) is 84.9 Å². The van der Waals surface area contributed by atoms with E-state index in [1.54, 1.807) is 24.3 Å². The maximum Gasteiger partial charge on any atom is 0.338 e. The van der Waals surface area contributed by atoms with Crippen LogP contribution in [0.2, 0.25) is 0 Å². The first-order valence-electron chi connectivity index (χ1n) is 6.88. The number of carbonyl (C=O) groups is 2. The molecule has 0 saturated carbocycles. The standard InChI is InChI=1S/C16H17NO5S/c1-4-12-8-13(16(19)20)15(23-12)17-14(18)9-5-10(21-2)7-11(6-9)22-3/h5-8H,4H2,1-3H3,(H,17,18)(H,19,20). The summed E-state index contributed by atoms with van der Waals surface area (Å²) < 4.78 is 10.3. The lowest BCUT2D eigenvalue weighted by Gasteiger charge is -2.09. The molecule has 0 atom stereocenters. The monoisotopic (exact) mass is 335 g/mol. The Bertz CT molecular complexity index is 716. The van der Waals surface area contributed by atoms with Crippen LogP contribution < -0.4 is 14.8 Å². The van der Waals surface area contributed by atoms with Gasteiger partial charge in [0, 0.05) is 16.5 Å². The summed E-state index contributed by atoms with van der Waals surface area (Å²) in [5.41, 5.74) is 0.416. The Kier molecular flexibility index (Phi) is 5.23. The van der Waals surface area contributed by atoms with Crippen LogP contribution >= 0.6 is 11.3 Å². The van der Waals surface area contributed by atoms with Crippen LogP contribution in [-0.4, -0.2) is 31.2 Å². The van der Waals surface area contributed by atoms with Crippen molar-refractivity contribution in [3.8, 4) is 11.5 Å². The van der Waals surface area contributed by atoms with Gasteiger partial charge in [-0.2, -0.15) is 0 Å². The van der Waals surface area contributed by atoms with Crippen LogP contribution in [0.15, 0.2) is 24.3 Å². The van der Waals surface area contributed by atoms with E-state index in [9.17, 15) is 14.7 Å². The second-order valence-electron chi connectivity index (χ2n) is 4.67. The van der Waals surface area contributed by atoms with Crippen molar-refractivity contribution in [2.45, 2.75) is 13.3 Å². The van der Waals surface area contributed by atoms with Gasteiger partial charge in [-0.05, 0) is 24.6 Å². The zero-order chi connectivity index (χ0) is 17.0. The van der Waals surface area contributed by atoms with Gasteiger partial charge in [-0.3, -0.25) is 4.79 Å². The number of ether oxygens (including phenoxy) is 2. The molecule has 0 aliphatic rings. The minimum Gasteiger partial charge on any atom is -0.497 e. The predicted octanol–water partition coefficient (Wildman–Crippen LogP) is 3.28. The molecule has 0 aliphatic carbocycles. The number of rotatable bonds is 6. The predicted molar refractivity (Wildman–Crippen MR) is 88.2 cm³/mol. The van der Waals surface area contributed by atoms with Gasteiger partial charge in [-0.1, -0.05) is 6.92 Å². The molecule has 122 valence electrons. The summed E-state index contributed by atoms with van der Waals surface area (Å²) in [6.07, 6.45) is 0.702. The number of hydrogen-bond donors (Lipinski definition) is 2. The van der Waals surface area contributed by atoms with Gasteiger partial charge in [0.15, 0.2) is 0 Å². The molecule has 0 radical (unpaired) electrons. The molecular weight excluding hydrogens is 318 g/mol. The minimum absolute atomic E-state index is 0.0926. The van der Waals surface area contributed by atoms with Crippen molar-refractivity contribution >= 4 is 28.2 Å². The van der Waals surface area contributed by atoms with Gasteiger partial charge in [-0.15, -0.1) is 11.3 Å². The fourth-order valence-electron chi connectivity index (χ4n) is 1.98. The molecule has 2 aromatic rings. The van der Waals surface area contributed by atoms with Gasteiger partial charge in [0.25, 0.3) is 5.91 Å². The van der Waals surface area contributed by atoms with Crippen molar-refractivity contribution in [1.29, 1.82) is 0 Å². The van der Waals surface area contributed by atoms with E-state index < -0.39 is 11.9 Å². The second-order valence-corrected chi connectivity index (χ2v) is 5.81. The Morgan fingerprint density at radius 2 is 1.74 bits per heavy atom. The van der Waals surface area contributed by atoms with Gasteiger partial charge >= 0.3 is 5.97 Å². The van der Waals surface area contributed by atoms with Crippen LogP contribution in [0.25, 0.3) is 0 Å². The highest BCUT2D eigenvalue weighted by Gasteiger charge is 2.18. The number of aryl methyl sites for hydroxylation is 1. The number of benzene rings is 1. The largest absolute Gasteiger partial charge is 0.497 e. The summed E-state index contributed by atoms with van der Waals surface area (Å²) in [5.74, 6) is -0.532. The van der Waals surface area contributed by atoms with E-state index in [1.807, 2.05) is 6.92 Å². The molecule has 1 heterocycles. The van der Waals surface area contributed by atoms with Crippen LogP contribution in [0.5, 0.6) is 11.5 Å². The lowest BCUT2D eigenvalue weighted by atomic mass is 10.2. The number of methoxy groups -OCH3 is 2. The third-order valence-corrected chi connectivity index (χ3v) is 4.40. The molecule has 0 fully saturated rings. The number of nitrogens with one attached hydrogen (secondary N) is 1. The number of carboxylic acids is 1. The summed E-state index contributed by atoms with van der Waals surface area (Å²) >= 11 is 1.26. The summed E-state index contributed by atoms with van der Waals surface area (Å²) in [7, 11) is 2.98. The molecule has 2 N–H and O–H groups in total. The SMILES string of the molecule is CCc1cc(C(=O)O)c(NC(=O)c2cc(OC)cc(OC)c2)s1. The van der Waals surface area contributed by atoms with E-state index in [0.29, 0.717) is 28.5 Å². The first-order chi connectivity index (χ1) is 11.0. The summed E-state index contributed by atoms with van der Waals surface area (Å²) in [6.45, 7) is 1.93. The van der Waals surface area contributed by atoms with Gasteiger partial charge in [0.1, 0.15) is 16.5 Å². The van der Waals surface area contributed by atoms with Crippen molar-refractivity contribution in [2.75, 3.05) is 19.5 Å². The Morgan fingerprint density at radius 3 is 2.22 bits per heavy atom. The first kappa shape index (κ1) is 16.8. The molecule has 0 saturated heterocycles. The van der Waals surface area contributed by atoms with Crippen LogP contribution in [0.3, 0.4) is 0 Å². The third-order valence-electron chi connectivity index (χ3n) is 3.20. The molecule has 6 nitrogen and oxygen atoms in total. The molecule has 1 aromatic heterocycles. The first-order valence-corrected chi connectivity index (χ1v) is 7.70. The number of aromatic carboxylic acids is 1. The molecule has 1 aromatic carbocycles. The molecule has 1 amide bonds. The van der Waals surface area contributed by atoms with Gasteiger partial charge in [-0.25, -0.2) is 4.79 Å². The molecule has 0 spiro atoms. The van der Waals surface area contributed by atoms with E-state index in [0.717, 1.165) is 4.88 Å². The zero-order valence-corrected chi connectivity index (χ0v) is 13.8. The summed E-state index contributed by atoms with van der Waals surface area (Å²) in [4.78, 5) is 24.6. The van der Waals surface area contributed by atoms with E-state index in [-0.39, 0.29) is 5.56 Å². The van der Waals surface area contributed by atoms with Crippen LogP contribution in [0, 0.1) is 0 Å². The van der Waals surface area contributed by atoms with Gasteiger partial charge < -0.3 is 19.9 Å². The summed E-state index contributed by atoms with van der Waals surface area (Å²) in [5, 5.41) is 12.2. The minimum atomic E-state index is -1.07. The summed E-state index contributed by atoms with van der Waals surface area (Å²) in [6, 6.07) is 6.35. The Balaban J connectivity index is 2.32. The third kappa shape index (κ3) is 3.81. The molecular formula is C16H17NO5S. The Morgan fingerprint density at radius 1 is 1.13 bits per heavy atom. The number of anilines is 1. The van der Waals surface area contributed by atoms with Crippen LogP contribution in [0.4, 0.5) is 5.00 Å². The molecule has 0 bridgehead atoms. The normalized spacial score (nSPS) is 10.2. The average molecular weight is 335 g/mol. The van der Waals surface area contributed by atoms with Crippen molar-refractivity contribution in [3.63, 3.8) is 0 Å². The smallest absolute Gasteiger partial charge is 0.338 e. The van der Waals surface area contributed by atoms with Crippen molar-refractivity contribution in [1.82, 2.24) is 0 Å². The molecule has 7 heteroatoms. The second kappa shape index (κ2) is 7.15. The highest BCUT2D eigenvalue weighted by atomic mass is 32.1. The van der Waals surface area contributed by atoms with Crippen molar-refractivity contribution < 1.29 is 24.2 Å². The highest BCUT2D eigenvalue weighted by molar-refractivity contribution is 7.16. The fourth-order valence-corrected chi connectivity index (χ4v) is 2.97. The lowest BCUT2D eigenvalue weighted by molar-refractivity contribution is 0.0698. The van der Waals surface area contributed by atoms with Crippen molar-refractivity contribution in [2.24, 2.45) is 0 Å². The van der Waals surface area contributed by atoms with E-state index >= 15 is 0 Å². The van der Waals surface area contributed by atoms with E-state index in [4.69, 9.17) is 9.47 Å². The zero-order valence-electron chi connectivity index (χ0n) is 13.0. The lowest BCUT2D eigenvalue weighted by Crippen LogP contribution is -2.13. The number of amides is 1. The fraction of sp³-hybridized carbons (Fsp3) is 0.250. The van der Waals surface area contributed by atoms with Gasteiger partial charge in [0.2, 0.25) is 0 Å². The van der Waals surface area contributed by atoms with Gasteiger partial charge in [0.05, 0.1) is 19.8 Å². The maximum atomic E-state index is 12.4. The maximum absolute atomic E-state index is 12.4. The van der Waals surface area contributed by atoms with Crippen LogP contribution in [-0.2, 0) is 6.42 Å². The number of hydrogen-bond acceptors (Lipinski definition) is 5. The van der Waals surface area contributed by atoms with Crippen LogP contribution in [0.1, 0.15) is 32.5 Å². The average Bonchev–Trinajstić information content (AvgIpc) is 2.97. The number of carbonyl (C=O) groups excluding carboxylic acids is 1. The Labute approximate surface area is 137 Å². The Hall–Kier alpha value is -2.54. The molecule has 0 unspecified atom stereocenters.